The van der Waals surface area contributed by atoms with Crippen LogP contribution in [0.4, 0.5) is 4.79 Å². The third kappa shape index (κ3) is 5.01. The van der Waals surface area contributed by atoms with Gasteiger partial charge in [-0.25, -0.2) is 14.4 Å². The summed E-state index contributed by atoms with van der Waals surface area (Å²) in [5.41, 5.74) is 0.280. The van der Waals surface area contributed by atoms with Crippen molar-refractivity contribution in [3.63, 3.8) is 0 Å². The molecule has 1 aliphatic rings. The Hall–Kier alpha value is -4.60. The second kappa shape index (κ2) is 10.1. The number of rotatable bonds is 7. The quantitative estimate of drug-likeness (QED) is 0.445. The highest BCUT2D eigenvalue weighted by Crippen LogP contribution is 2.29. The summed E-state index contributed by atoms with van der Waals surface area (Å²) in [7, 11) is 1.53. The van der Waals surface area contributed by atoms with Crippen molar-refractivity contribution in [1.29, 1.82) is 0 Å². The topological polar surface area (TPSA) is 136 Å². The van der Waals surface area contributed by atoms with Crippen LogP contribution in [0.25, 0.3) is 10.8 Å². The number of aromatic amines is 1. The highest BCUT2D eigenvalue weighted by molar-refractivity contribution is 5.96. The van der Waals surface area contributed by atoms with Crippen LogP contribution >= 0.6 is 0 Å². The molecule has 0 bridgehead atoms. The van der Waals surface area contributed by atoms with E-state index in [1.165, 1.54) is 13.2 Å². The normalized spacial score (nSPS) is 15.3. The first-order chi connectivity index (χ1) is 16.9. The molecule has 0 saturated heterocycles. The molecule has 0 aliphatic carbocycles. The van der Waals surface area contributed by atoms with Gasteiger partial charge in [0.15, 0.2) is 0 Å². The molecular formula is C25H23N3O7. The van der Waals surface area contributed by atoms with Crippen molar-refractivity contribution in [3.05, 3.63) is 87.5 Å². The lowest BCUT2D eigenvalue weighted by atomic mass is 9.95. The lowest BCUT2D eigenvalue weighted by Gasteiger charge is -2.29. The van der Waals surface area contributed by atoms with E-state index in [2.05, 4.69) is 15.6 Å². The van der Waals surface area contributed by atoms with Crippen molar-refractivity contribution >= 4 is 28.7 Å². The monoisotopic (exact) mass is 477 g/mol. The zero-order valence-electron chi connectivity index (χ0n) is 19.0. The van der Waals surface area contributed by atoms with E-state index in [0.29, 0.717) is 22.1 Å². The molecule has 10 nitrogen and oxygen atoms in total. The summed E-state index contributed by atoms with van der Waals surface area (Å²) in [5, 5.41) is 6.24. The van der Waals surface area contributed by atoms with Crippen LogP contribution in [0.15, 0.2) is 70.7 Å². The highest BCUT2D eigenvalue weighted by atomic mass is 16.5. The van der Waals surface area contributed by atoms with Crippen molar-refractivity contribution < 1.29 is 28.6 Å². The fraction of sp³-hybridized carbons (Fsp3) is 0.200. The van der Waals surface area contributed by atoms with Crippen molar-refractivity contribution in [2.45, 2.75) is 13.0 Å². The first kappa shape index (κ1) is 23.6. The summed E-state index contributed by atoms with van der Waals surface area (Å²) in [6, 6.07) is 13.7. The first-order valence-electron chi connectivity index (χ1n) is 10.8. The Labute approximate surface area is 199 Å². The van der Waals surface area contributed by atoms with E-state index < -0.39 is 36.2 Å². The Kier molecular flexibility index (Phi) is 6.81. The number of fused-ring (bicyclic) bond motifs is 1. The molecule has 0 saturated carbocycles. The van der Waals surface area contributed by atoms with Gasteiger partial charge in [-0.3, -0.25) is 4.79 Å². The molecule has 1 atom stereocenters. The fourth-order valence-corrected chi connectivity index (χ4v) is 3.76. The maximum Gasteiger partial charge on any atom is 0.355 e. The van der Waals surface area contributed by atoms with Gasteiger partial charge in [-0.15, -0.1) is 0 Å². The zero-order valence-corrected chi connectivity index (χ0v) is 19.0. The lowest BCUT2D eigenvalue weighted by molar-refractivity contribution is -0.139. The molecule has 0 spiro atoms. The van der Waals surface area contributed by atoms with Crippen LogP contribution in [-0.2, 0) is 14.3 Å². The number of hydrogen-bond acceptors (Lipinski definition) is 7. The van der Waals surface area contributed by atoms with E-state index in [4.69, 9.17) is 14.2 Å². The average molecular weight is 477 g/mol. The number of carbonyl (C=O) groups is 3. The van der Waals surface area contributed by atoms with Gasteiger partial charge in [-0.05, 0) is 42.1 Å². The average Bonchev–Trinajstić information content (AvgIpc) is 2.87. The Balaban J connectivity index is 1.65. The van der Waals surface area contributed by atoms with Crippen LogP contribution in [0.1, 0.15) is 29.0 Å². The van der Waals surface area contributed by atoms with Crippen LogP contribution in [-0.4, -0.2) is 43.3 Å². The van der Waals surface area contributed by atoms with E-state index in [1.807, 2.05) is 0 Å². The zero-order chi connectivity index (χ0) is 24.9. The number of H-pyrrole nitrogens is 1. The number of aromatic nitrogens is 1. The third-order valence-corrected chi connectivity index (χ3v) is 5.42. The van der Waals surface area contributed by atoms with Gasteiger partial charge in [0.25, 0.3) is 5.56 Å². The summed E-state index contributed by atoms with van der Waals surface area (Å²) in [4.78, 5) is 52.8. The first-order valence-corrected chi connectivity index (χ1v) is 10.8. The molecule has 0 fully saturated rings. The van der Waals surface area contributed by atoms with Gasteiger partial charge in [0.05, 0.1) is 31.0 Å². The second-order valence-electron chi connectivity index (χ2n) is 7.59. The second-order valence-corrected chi connectivity index (χ2v) is 7.59. The number of ether oxygens (including phenoxy) is 3. The molecular weight excluding hydrogens is 454 g/mol. The molecule has 3 aromatic rings. The number of pyridine rings is 1. The number of nitrogens with one attached hydrogen (secondary N) is 3. The minimum atomic E-state index is -0.845. The summed E-state index contributed by atoms with van der Waals surface area (Å²) in [6.07, 6.45) is 0. The van der Waals surface area contributed by atoms with E-state index >= 15 is 0 Å². The maximum absolute atomic E-state index is 12.8. The molecule has 3 N–H and O–H groups in total. The molecule has 2 aromatic carbocycles. The number of carbonyl (C=O) groups excluding carboxylic acids is 3. The molecule has 1 aromatic heterocycles. The van der Waals surface area contributed by atoms with Gasteiger partial charge in [-0.2, -0.15) is 0 Å². The van der Waals surface area contributed by atoms with Gasteiger partial charge in [0.2, 0.25) is 0 Å². The number of esters is 2. The molecule has 0 unspecified atom stereocenters. The number of hydrogen-bond donors (Lipinski definition) is 3. The Morgan fingerprint density at radius 3 is 2.43 bits per heavy atom. The summed E-state index contributed by atoms with van der Waals surface area (Å²) in [5.74, 6) is -0.891. The number of amides is 2. The Bertz CT molecular complexity index is 1380. The van der Waals surface area contributed by atoms with Crippen molar-refractivity contribution in [2.24, 2.45) is 0 Å². The van der Waals surface area contributed by atoms with Crippen LogP contribution in [0, 0.1) is 0 Å². The van der Waals surface area contributed by atoms with E-state index in [9.17, 15) is 19.2 Å². The minimum Gasteiger partial charge on any atom is -0.497 e. The van der Waals surface area contributed by atoms with E-state index in [-0.39, 0.29) is 23.6 Å². The van der Waals surface area contributed by atoms with Crippen molar-refractivity contribution in [1.82, 2.24) is 15.6 Å². The number of urea groups is 1. The van der Waals surface area contributed by atoms with Crippen LogP contribution < -0.4 is 20.9 Å². The van der Waals surface area contributed by atoms with Gasteiger partial charge < -0.3 is 29.8 Å². The molecule has 180 valence electrons. The molecule has 0 radical (unpaired) electrons. The molecule has 1 aliphatic heterocycles. The Morgan fingerprint density at radius 2 is 1.71 bits per heavy atom. The van der Waals surface area contributed by atoms with Gasteiger partial charge in [0.1, 0.15) is 18.1 Å². The number of benzene rings is 2. The van der Waals surface area contributed by atoms with Gasteiger partial charge in [0, 0.05) is 5.39 Å². The third-order valence-electron chi connectivity index (χ3n) is 5.42. The van der Waals surface area contributed by atoms with Crippen LogP contribution in [0.2, 0.25) is 0 Å². The minimum absolute atomic E-state index is 0.0565. The van der Waals surface area contributed by atoms with Crippen LogP contribution in [0.5, 0.6) is 5.75 Å². The lowest BCUT2D eigenvalue weighted by Crippen LogP contribution is -2.47. The molecule has 35 heavy (non-hydrogen) atoms. The van der Waals surface area contributed by atoms with Crippen molar-refractivity contribution in [3.8, 4) is 5.75 Å². The largest absolute Gasteiger partial charge is 0.497 e. The summed E-state index contributed by atoms with van der Waals surface area (Å²) >= 11 is 0. The number of methoxy groups -OCH3 is 1. The molecule has 4 rings (SSSR count). The predicted molar refractivity (Wildman–Crippen MR) is 126 cm³/mol. The smallest absolute Gasteiger partial charge is 0.355 e. The summed E-state index contributed by atoms with van der Waals surface area (Å²) in [6.45, 7) is 1.34. The van der Waals surface area contributed by atoms with Crippen molar-refractivity contribution in [2.75, 3.05) is 20.3 Å². The molecule has 2 heterocycles. The Morgan fingerprint density at radius 1 is 0.971 bits per heavy atom. The SMILES string of the molecule is CCOC(=O)C1=C(COC(=O)c2cc3ccccc3c(=O)[nH]2)NC(=O)N[C@H]1c1ccc(OC)cc1. The standard InChI is InChI=1S/C25H23N3O7/c1-3-34-24(31)20-19(27-25(32)28-21(20)14-8-10-16(33-2)11-9-14)13-35-23(30)18-12-15-6-4-5-7-17(15)22(29)26-18/h4-12,21H,3,13H2,1-2H3,(H,26,29)(H2,27,28,32)/t21-/m0/s1. The van der Waals surface area contributed by atoms with Gasteiger partial charge >= 0.3 is 18.0 Å². The predicted octanol–water partition coefficient (Wildman–Crippen LogP) is 2.56. The fourth-order valence-electron chi connectivity index (χ4n) is 3.76. The molecule has 10 heteroatoms. The van der Waals surface area contributed by atoms with Crippen LogP contribution in [0.3, 0.4) is 0 Å². The van der Waals surface area contributed by atoms with E-state index in [0.717, 1.165) is 0 Å². The maximum atomic E-state index is 12.8. The molecule has 2 amide bonds. The van der Waals surface area contributed by atoms with Gasteiger partial charge in [-0.1, -0.05) is 30.3 Å². The van der Waals surface area contributed by atoms with E-state index in [1.54, 1.807) is 55.5 Å². The highest BCUT2D eigenvalue weighted by Gasteiger charge is 2.34. The summed E-state index contributed by atoms with van der Waals surface area (Å²) < 4.78 is 15.7.